The molecule has 10 N–H and O–H groups in total. The van der Waals surface area contributed by atoms with E-state index in [9.17, 15) is 58.2 Å². The molecule has 0 spiro atoms. The van der Waals surface area contributed by atoms with E-state index < -0.39 is 112 Å². The van der Waals surface area contributed by atoms with Crippen molar-refractivity contribution in [3.63, 3.8) is 0 Å². The van der Waals surface area contributed by atoms with E-state index in [4.69, 9.17) is 49.2 Å². The minimum Gasteiger partial charge on any atom is -0.550 e. The number of carbonyl (C=O) groups is 10. The Kier molecular flexibility index (Phi) is 31.5. The standard InChI is InChI=1S/C41H50BrN5O9S.C34H42BrN5O8S.C6H9NO2.Na.H2O/c1-8-22-17-41(22,37(51)52)18-29(48)28-15-24(19-47(28)36(50)34(40(4,5)6)45-39(53)56-23-11-9-10-12-23)55-31-16-26(27-20-57-38(44-27)46-35(49)21(2)3)43-33-25(31)13-14-30(54-7)32(33)42;1-17(2)29(41)39-32-37-22(16-49-32)21-14-25(20-11-12-24(46-6)26(35)27(20)36-21)47-19-13-23(31(43)44)40(15-19)30(42)28(34(3,4)5)38-33(45)48-18-9-7-8-10-18;1-2-4-3-6(4,7)5(8)9;;/h8,13-14,16,20-24,28,34H,1,9-12,15,17-19H2,2-7H3,(H,45,53)(H,51,52)(H,44,46,49);11-12,14,16-19,23,28H,7-10,13,15H2,1-6H3,(H,38,45)(H,43,44)(H,37,39,41);2,4H,1,3,7H2,(H,8,9);;1H2/q;;;+1;/p-1/t22-,24-,28+,34?,41-;19-,23+,28?;4-,6-;;/m111../s1. The largest absolute Gasteiger partial charge is 1.00 e. The first kappa shape index (κ1) is 94.1. The molecule has 2 saturated heterocycles. The number of nitrogens with one attached hydrogen (secondary N) is 4. The molecule has 2 aliphatic heterocycles. The molecule has 36 heteroatoms. The Morgan fingerprint density at radius 2 is 1.02 bits per heavy atom. The molecule has 2 unspecified atom stereocenters. The number of Topliss-reactive ketones (excluding diaryl/α,β-unsaturated/α-hetero) is 1. The third-order valence-corrected chi connectivity index (χ3v) is 24.5. The van der Waals surface area contributed by atoms with E-state index in [1.54, 1.807) is 109 Å². The molecule has 0 radical (unpaired) electrons. The number of thiazole rings is 2. The second kappa shape index (κ2) is 39.2. The summed E-state index contributed by atoms with van der Waals surface area (Å²) < 4.78 is 36.6. The number of likely N-dealkylation sites (tertiary alicyclic amines) is 2. The first-order chi connectivity index (χ1) is 54.2. The molecule has 2 aromatic carbocycles. The Morgan fingerprint density at radius 1 is 0.615 bits per heavy atom. The summed E-state index contributed by atoms with van der Waals surface area (Å²) in [5.74, 6) is -4.32. The Bertz CT molecular complexity index is 4730. The van der Waals surface area contributed by atoms with Crippen LogP contribution >= 0.6 is 54.5 Å². The van der Waals surface area contributed by atoms with Crippen molar-refractivity contribution < 1.29 is 127 Å². The SMILES string of the molecule is C=C[C@@H]1C[C@]1(CC(=O)[C@@H]1C[C@@H](Oc2cc(-c3csc(NC(=O)C(C)C)n3)nc3c(Br)c(OC)ccc23)CN1C(=O)C(NC(=O)OC1CCCC1)C(C)(C)C)C(=O)[O-].C=C[C@@H]1C[C@]1(N)C(=O)O.COc1ccc2c(O[C@@H]3C[C@@H](C(=O)O)N(C(=O)C(NC(=O)OC4CCCC4)C(C)(C)C)C3)cc(-c3csc(NC(=O)C(C)C)n3)nc2c1Br.O.[Na+]. The number of benzene rings is 2. The molecule has 4 aromatic heterocycles. The smallest absolute Gasteiger partial charge is 0.550 e. The molecule has 4 saturated carbocycles. The fourth-order valence-electron chi connectivity index (χ4n) is 14.4. The number of hydrogen-bond acceptors (Lipinski definition) is 24. The molecule has 6 aromatic rings. The summed E-state index contributed by atoms with van der Waals surface area (Å²) >= 11 is 9.73. The van der Waals surface area contributed by atoms with Gasteiger partial charge in [0, 0.05) is 82.1 Å². The van der Waals surface area contributed by atoms with Crippen molar-refractivity contribution in [1.29, 1.82) is 0 Å². The topological polar surface area (TPSA) is 453 Å². The average Bonchev–Trinajstić information content (AvgIpc) is 1.56. The van der Waals surface area contributed by atoms with Crippen LogP contribution < -0.4 is 80.6 Å². The number of rotatable bonds is 26. The number of hydrogen-bond donors (Lipinski definition) is 7. The van der Waals surface area contributed by atoms with Gasteiger partial charge in [-0.05, 0) is 137 Å². The van der Waals surface area contributed by atoms with Gasteiger partial charge in [0.05, 0.1) is 64.7 Å². The van der Waals surface area contributed by atoms with Gasteiger partial charge in [-0.1, -0.05) is 81.4 Å². The van der Waals surface area contributed by atoms with Crippen molar-refractivity contribution in [2.75, 3.05) is 37.9 Å². The van der Waals surface area contributed by atoms with Crippen LogP contribution in [0.2, 0.25) is 0 Å². The Hall–Kier alpha value is -8.42. The van der Waals surface area contributed by atoms with E-state index in [-0.39, 0.29) is 116 Å². The third kappa shape index (κ3) is 22.2. The monoisotopic (exact) mass is 1790 g/mol. The van der Waals surface area contributed by atoms with Gasteiger partial charge < -0.3 is 90.8 Å². The number of fused-ring (bicyclic) bond motifs is 2. The summed E-state index contributed by atoms with van der Waals surface area (Å²) in [6, 6.07) is 6.18. The Balaban J connectivity index is 0.000000261. The van der Waals surface area contributed by atoms with Crippen molar-refractivity contribution in [3.05, 3.63) is 81.4 Å². The number of alkyl carbamates (subject to hydrolysis) is 2. The maximum absolute atomic E-state index is 14.6. The van der Waals surface area contributed by atoms with Gasteiger partial charge in [-0.3, -0.25) is 28.8 Å². The first-order valence-corrected chi connectivity index (χ1v) is 41.6. The summed E-state index contributed by atoms with van der Waals surface area (Å²) in [7, 11) is 3.08. The summed E-state index contributed by atoms with van der Waals surface area (Å²) in [5.41, 5.74) is 4.34. The van der Waals surface area contributed by atoms with E-state index in [1.807, 2.05) is 20.8 Å². The zero-order valence-electron chi connectivity index (χ0n) is 67.9. The van der Waals surface area contributed by atoms with E-state index >= 15 is 0 Å². The molecule has 6 amide bonds. The number of pyridine rings is 2. The quantitative estimate of drug-likeness (QED) is 0.0198. The second-order valence-electron chi connectivity index (χ2n) is 32.7. The number of ketones is 1. The van der Waals surface area contributed by atoms with Crippen LogP contribution in [0.15, 0.2) is 81.4 Å². The number of anilines is 2. The average molecular weight is 1800 g/mol. The van der Waals surface area contributed by atoms with Crippen LogP contribution in [0.4, 0.5) is 19.9 Å². The van der Waals surface area contributed by atoms with E-state index in [0.717, 1.165) is 51.4 Å². The van der Waals surface area contributed by atoms with Crippen LogP contribution in [0.5, 0.6) is 23.0 Å². The van der Waals surface area contributed by atoms with Gasteiger partial charge in [-0.15, -0.1) is 35.8 Å². The number of nitrogens with two attached hydrogens (primary N) is 1. The summed E-state index contributed by atoms with van der Waals surface area (Å²) in [6.45, 7) is 25.1. The predicted octanol–water partition coefficient (Wildman–Crippen LogP) is 8.45. The zero-order valence-corrected chi connectivity index (χ0v) is 74.7. The number of carboxylic acid groups (broad SMARTS) is 3. The van der Waals surface area contributed by atoms with Crippen molar-refractivity contribution in [3.8, 4) is 45.8 Å². The van der Waals surface area contributed by atoms with Crippen LogP contribution in [0.1, 0.15) is 153 Å². The Labute approximate surface area is 725 Å². The van der Waals surface area contributed by atoms with Gasteiger partial charge >= 0.3 is 53.7 Å². The van der Waals surface area contributed by atoms with Gasteiger partial charge in [0.1, 0.15) is 82.5 Å². The number of ether oxygens (including phenoxy) is 6. The summed E-state index contributed by atoms with van der Waals surface area (Å²) in [5, 5.41) is 47.7. The molecule has 4 aliphatic carbocycles. The molecule has 6 fully saturated rings. The number of carboxylic acids is 3. The molecular formula is C81H102Br2N11NaO20S2. The molecule has 6 aliphatic rings. The summed E-state index contributed by atoms with van der Waals surface area (Å²) in [6.07, 6.45) is 7.25. The van der Waals surface area contributed by atoms with Crippen LogP contribution in [-0.4, -0.2) is 186 Å². The normalized spacial score (nSPS) is 22.0. The molecule has 0 bridgehead atoms. The van der Waals surface area contributed by atoms with Crippen molar-refractivity contribution in [2.24, 2.45) is 45.7 Å². The molecule has 12 rings (SSSR count). The number of halogens is 2. The number of allylic oxidation sites excluding steroid dienone is 1. The van der Waals surface area contributed by atoms with Crippen molar-refractivity contribution >= 4 is 146 Å². The maximum Gasteiger partial charge on any atom is 1.00 e. The van der Waals surface area contributed by atoms with E-state index in [1.165, 1.54) is 45.7 Å². The van der Waals surface area contributed by atoms with Crippen molar-refractivity contribution in [2.45, 2.75) is 207 Å². The number of amides is 6. The number of nitrogens with zero attached hydrogens (tertiary/aromatic N) is 6. The molecule has 10 atom stereocenters. The zero-order chi connectivity index (χ0) is 84.1. The van der Waals surface area contributed by atoms with E-state index in [2.05, 4.69) is 76.3 Å². The van der Waals surface area contributed by atoms with Crippen LogP contribution in [0.25, 0.3) is 44.6 Å². The fourth-order valence-corrected chi connectivity index (χ4v) is 17.0. The third-order valence-electron chi connectivity index (χ3n) is 21.5. The first-order valence-electron chi connectivity index (χ1n) is 38.2. The maximum atomic E-state index is 14.6. The second-order valence-corrected chi connectivity index (χ2v) is 36.0. The predicted molar refractivity (Wildman–Crippen MR) is 440 cm³/mol. The minimum absolute atomic E-state index is 0. The van der Waals surface area contributed by atoms with Gasteiger partial charge in [-0.25, -0.2) is 34.3 Å². The minimum atomic E-state index is -1.40. The Morgan fingerprint density at radius 3 is 1.35 bits per heavy atom. The molecular weight excluding hydrogens is 1690 g/mol. The van der Waals surface area contributed by atoms with Gasteiger partial charge in [0.2, 0.25) is 23.6 Å². The fraction of sp³-hybridized carbons (Fsp3) is 0.531. The number of aromatic nitrogens is 4. The number of methoxy groups -OCH3 is 2. The molecule has 117 heavy (non-hydrogen) atoms. The number of carbonyl (C=O) groups excluding carboxylic acids is 8. The van der Waals surface area contributed by atoms with Crippen LogP contribution in [0, 0.1) is 39.9 Å². The molecule has 31 nitrogen and oxygen atoms in total. The molecule has 628 valence electrons. The van der Waals surface area contributed by atoms with Gasteiger partial charge in [0.25, 0.3) is 0 Å². The van der Waals surface area contributed by atoms with E-state index in [0.29, 0.717) is 93.2 Å². The van der Waals surface area contributed by atoms with Crippen molar-refractivity contribution in [1.82, 2.24) is 40.4 Å². The van der Waals surface area contributed by atoms with Crippen LogP contribution in [0.3, 0.4) is 0 Å². The van der Waals surface area contributed by atoms with Crippen LogP contribution in [-0.2, 0) is 47.8 Å². The van der Waals surface area contributed by atoms with Gasteiger partial charge in [0.15, 0.2) is 16.0 Å². The summed E-state index contributed by atoms with van der Waals surface area (Å²) in [4.78, 5) is 150. The molecule has 6 heterocycles. The van der Waals surface area contributed by atoms with Gasteiger partial charge in [-0.2, -0.15) is 0 Å². The number of aliphatic carboxylic acids is 3.